The van der Waals surface area contributed by atoms with Crippen molar-refractivity contribution in [3.63, 3.8) is 0 Å². The number of nitrogens with zero attached hydrogens (tertiary/aromatic N) is 2. The Kier molecular flexibility index (Phi) is 6.27. The van der Waals surface area contributed by atoms with Crippen molar-refractivity contribution in [2.45, 2.75) is 52.1 Å². The first-order chi connectivity index (χ1) is 8.83. The number of amides is 1. The topological polar surface area (TPSA) is 43.8 Å². The van der Waals surface area contributed by atoms with E-state index in [1.54, 1.807) is 0 Å². The van der Waals surface area contributed by atoms with Crippen LogP contribution < -0.4 is 0 Å². The van der Waals surface area contributed by atoms with Crippen molar-refractivity contribution in [1.82, 2.24) is 9.80 Å². The first-order valence-corrected chi connectivity index (χ1v) is 7.53. The van der Waals surface area contributed by atoms with Gasteiger partial charge in [0.2, 0.25) is 5.91 Å². The second-order valence-corrected chi connectivity index (χ2v) is 6.48. The van der Waals surface area contributed by atoms with Gasteiger partial charge < -0.3 is 14.9 Å². The zero-order chi connectivity index (χ0) is 14.5. The molecule has 1 aliphatic heterocycles. The first kappa shape index (κ1) is 16.4. The van der Waals surface area contributed by atoms with Gasteiger partial charge in [0.1, 0.15) is 0 Å². The Morgan fingerprint density at radius 2 is 1.95 bits per heavy atom. The number of likely N-dealkylation sites (tertiary alicyclic amines) is 1. The number of β-amino-alcohol motifs (C(OH)–C–C–N with tert-alkyl or cyclic N) is 1. The minimum Gasteiger partial charge on any atom is -0.389 e. The minimum atomic E-state index is -0.644. The monoisotopic (exact) mass is 270 g/mol. The largest absolute Gasteiger partial charge is 0.389 e. The van der Waals surface area contributed by atoms with E-state index in [0.717, 1.165) is 45.3 Å². The number of hydrogen-bond acceptors (Lipinski definition) is 3. The summed E-state index contributed by atoms with van der Waals surface area (Å²) in [6.45, 7) is 9.22. The van der Waals surface area contributed by atoms with Crippen LogP contribution in [-0.2, 0) is 4.79 Å². The lowest BCUT2D eigenvalue weighted by molar-refractivity contribution is -0.136. The zero-order valence-electron chi connectivity index (χ0n) is 13.0. The summed E-state index contributed by atoms with van der Waals surface area (Å²) in [5, 5.41) is 9.81. The van der Waals surface area contributed by atoms with Crippen LogP contribution >= 0.6 is 0 Å². The van der Waals surface area contributed by atoms with E-state index in [-0.39, 0.29) is 5.92 Å². The number of hydrogen-bond donors (Lipinski definition) is 1. The SMILES string of the molecule is CCCCN(C)C(=O)C1CCN(CC(C)(C)O)CC1. The fourth-order valence-electron chi connectivity index (χ4n) is 2.70. The molecule has 0 radical (unpaired) electrons. The van der Waals surface area contributed by atoms with E-state index in [0.29, 0.717) is 12.5 Å². The molecule has 1 N–H and O–H groups in total. The summed E-state index contributed by atoms with van der Waals surface area (Å²) in [6, 6.07) is 0. The average Bonchev–Trinajstić information content (AvgIpc) is 2.34. The molecule has 19 heavy (non-hydrogen) atoms. The number of carbonyl (C=O) groups is 1. The highest BCUT2D eigenvalue weighted by atomic mass is 16.3. The molecule has 1 rings (SSSR count). The highest BCUT2D eigenvalue weighted by Crippen LogP contribution is 2.20. The van der Waals surface area contributed by atoms with Crippen LogP contribution in [0.15, 0.2) is 0 Å². The maximum absolute atomic E-state index is 12.3. The molecule has 1 saturated heterocycles. The molecule has 0 aromatic heterocycles. The molecule has 112 valence electrons. The van der Waals surface area contributed by atoms with Gasteiger partial charge in [-0.15, -0.1) is 0 Å². The standard InChI is InChI=1S/C15H30N2O2/c1-5-6-9-16(4)14(18)13-7-10-17(11-8-13)12-15(2,3)19/h13,19H,5-12H2,1-4H3. The summed E-state index contributed by atoms with van der Waals surface area (Å²) in [6.07, 6.45) is 4.05. The predicted molar refractivity (Wildman–Crippen MR) is 78.0 cm³/mol. The van der Waals surface area contributed by atoms with Gasteiger partial charge in [-0.1, -0.05) is 13.3 Å². The smallest absolute Gasteiger partial charge is 0.225 e. The molecule has 4 nitrogen and oxygen atoms in total. The maximum atomic E-state index is 12.3. The summed E-state index contributed by atoms with van der Waals surface area (Å²) in [7, 11) is 1.92. The minimum absolute atomic E-state index is 0.180. The third kappa shape index (κ3) is 5.91. The second-order valence-electron chi connectivity index (χ2n) is 6.48. The van der Waals surface area contributed by atoms with Crippen LogP contribution in [0.5, 0.6) is 0 Å². The number of piperidine rings is 1. The number of aliphatic hydroxyl groups is 1. The van der Waals surface area contributed by atoms with Crippen molar-refractivity contribution in [2.24, 2.45) is 5.92 Å². The van der Waals surface area contributed by atoms with Crippen molar-refractivity contribution < 1.29 is 9.90 Å². The molecular weight excluding hydrogens is 240 g/mol. The highest BCUT2D eigenvalue weighted by Gasteiger charge is 2.28. The molecule has 0 aliphatic carbocycles. The maximum Gasteiger partial charge on any atom is 0.225 e. The molecule has 1 heterocycles. The average molecular weight is 270 g/mol. The summed E-state index contributed by atoms with van der Waals surface area (Å²) in [4.78, 5) is 16.4. The summed E-state index contributed by atoms with van der Waals surface area (Å²) >= 11 is 0. The molecule has 0 atom stereocenters. The second kappa shape index (κ2) is 7.25. The number of carbonyl (C=O) groups excluding carboxylic acids is 1. The van der Waals surface area contributed by atoms with Crippen molar-refractivity contribution in [3.8, 4) is 0 Å². The Bertz CT molecular complexity index is 278. The van der Waals surface area contributed by atoms with Crippen LogP contribution in [0.2, 0.25) is 0 Å². The Labute approximate surface area is 117 Å². The van der Waals surface area contributed by atoms with Gasteiger partial charge in [0.15, 0.2) is 0 Å². The fourth-order valence-corrected chi connectivity index (χ4v) is 2.70. The molecule has 0 aromatic rings. The van der Waals surface area contributed by atoms with Crippen LogP contribution in [0.1, 0.15) is 46.5 Å². The van der Waals surface area contributed by atoms with Crippen LogP contribution in [-0.4, -0.2) is 59.6 Å². The molecule has 1 fully saturated rings. The molecule has 0 spiro atoms. The van der Waals surface area contributed by atoms with E-state index >= 15 is 0 Å². The van der Waals surface area contributed by atoms with Gasteiger partial charge >= 0.3 is 0 Å². The Morgan fingerprint density at radius 1 is 1.37 bits per heavy atom. The summed E-state index contributed by atoms with van der Waals surface area (Å²) in [5.41, 5.74) is -0.644. The van der Waals surface area contributed by atoms with Crippen molar-refractivity contribution in [3.05, 3.63) is 0 Å². The molecule has 1 aliphatic rings. The van der Waals surface area contributed by atoms with E-state index in [9.17, 15) is 9.90 Å². The number of unbranched alkanes of at least 4 members (excludes halogenated alkanes) is 1. The fraction of sp³-hybridized carbons (Fsp3) is 0.933. The zero-order valence-corrected chi connectivity index (χ0v) is 13.0. The van der Waals surface area contributed by atoms with Crippen LogP contribution in [0.25, 0.3) is 0 Å². The lowest BCUT2D eigenvalue weighted by Gasteiger charge is -2.35. The quantitative estimate of drug-likeness (QED) is 0.799. The number of rotatable bonds is 6. The van der Waals surface area contributed by atoms with Crippen LogP contribution in [0.4, 0.5) is 0 Å². The van der Waals surface area contributed by atoms with E-state index < -0.39 is 5.60 Å². The first-order valence-electron chi connectivity index (χ1n) is 7.53. The van der Waals surface area contributed by atoms with E-state index in [1.807, 2.05) is 25.8 Å². The van der Waals surface area contributed by atoms with Gasteiger partial charge in [0, 0.05) is 26.1 Å². The Morgan fingerprint density at radius 3 is 2.42 bits per heavy atom. The van der Waals surface area contributed by atoms with E-state index in [2.05, 4.69) is 11.8 Å². The third-order valence-electron chi connectivity index (χ3n) is 3.77. The molecule has 4 heteroatoms. The summed E-state index contributed by atoms with van der Waals surface area (Å²) < 4.78 is 0. The van der Waals surface area contributed by atoms with Gasteiger partial charge in [-0.25, -0.2) is 0 Å². The predicted octanol–water partition coefficient (Wildman–Crippen LogP) is 1.73. The van der Waals surface area contributed by atoms with Gasteiger partial charge in [-0.05, 0) is 46.2 Å². The Balaban J connectivity index is 2.34. The highest BCUT2D eigenvalue weighted by molar-refractivity contribution is 5.78. The van der Waals surface area contributed by atoms with Crippen molar-refractivity contribution in [1.29, 1.82) is 0 Å². The molecule has 1 amide bonds. The van der Waals surface area contributed by atoms with Crippen molar-refractivity contribution >= 4 is 5.91 Å². The van der Waals surface area contributed by atoms with Gasteiger partial charge in [-0.2, -0.15) is 0 Å². The Hall–Kier alpha value is -0.610. The molecule has 0 saturated carbocycles. The van der Waals surface area contributed by atoms with Crippen LogP contribution in [0, 0.1) is 5.92 Å². The molecule has 0 unspecified atom stereocenters. The van der Waals surface area contributed by atoms with E-state index in [1.165, 1.54) is 0 Å². The van der Waals surface area contributed by atoms with Crippen LogP contribution in [0.3, 0.4) is 0 Å². The molecule has 0 aromatic carbocycles. The van der Waals surface area contributed by atoms with Gasteiger partial charge in [0.25, 0.3) is 0 Å². The van der Waals surface area contributed by atoms with Gasteiger partial charge in [0.05, 0.1) is 5.60 Å². The lowest BCUT2D eigenvalue weighted by atomic mass is 9.94. The van der Waals surface area contributed by atoms with E-state index in [4.69, 9.17) is 0 Å². The molecular formula is C15H30N2O2. The summed E-state index contributed by atoms with van der Waals surface area (Å²) in [5.74, 6) is 0.483. The molecule has 0 bridgehead atoms. The third-order valence-corrected chi connectivity index (χ3v) is 3.77. The van der Waals surface area contributed by atoms with Crippen molar-refractivity contribution in [2.75, 3.05) is 33.2 Å². The van der Waals surface area contributed by atoms with Gasteiger partial charge in [-0.3, -0.25) is 4.79 Å². The lowest BCUT2D eigenvalue weighted by Crippen LogP contribution is -2.45. The normalized spacial score (nSPS) is 18.6.